The van der Waals surface area contributed by atoms with Crippen LogP contribution in [0.4, 0.5) is 10.2 Å². The van der Waals surface area contributed by atoms with Crippen LogP contribution in [0, 0.1) is 19.7 Å². The van der Waals surface area contributed by atoms with E-state index in [0.717, 1.165) is 24.2 Å². The Kier molecular flexibility index (Phi) is 4.51. The van der Waals surface area contributed by atoms with E-state index in [-0.39, 0.29) is 11.7 Å². The fraction of sp³-hybridized carbons (Fsp3) is 0.350. The summed E-state index contributed by atoms with van der Waals surface area (Å²) in [5.41, 5.74) is 2.84. The second-order valence-corrected chi connectivity index (χ2v) is 7.04. The lowest BCUT2D eigenvalue weighted by atomic mass is 10.2. The summed E-state index contributed by atoms with van der Waals surface area (Å²) in [4.78, 5) is 12.7. The van der Waals surface area contributed by atoms with Crippen LogP contribution in [-0.2, 0) is 0 Å². The van der Waals surface area contributed by atoms with Crippen LogP contribution in [0.2, 0.25) is 0 Å². The molecule has 27 heavy (non-hydrogen) atoms. The van der Waals surface area contributed by atoms with Crippen molar-refractivity contribution in [2.24, 2.45) is 0 Å². The molecule has 1 amide bonds. The van der Waals surface area contributed by atoms with Crippen molar-refractivity contribution in [3.8, 4) is 5.69 Å². The van der Waals surface area contributed by atoms with Gasteiger partial charge in [-0.1, -0.05) is 18.9 Å². The number of hydrogen-bond donors (Lipinski definition) is 1. The SMILES string of the molecule is Cc1cc(NC(=O)c2cnn(C3CCCC3)c2C)nn1-c1cccc(F)c1. The van der Waals surface area contributed by atoms with E-state index < -0.39 is 0 Å². The van der Waals surface area contributed by atoms with Gasteiger partial charge in [-0.15, -0.1) is 5.10 Å². The van der Waals surface area contributed by atoms with E-state index in [4.69, 9.17) is 0 Å². The zero-order valence-corrected chi connectivity index (χ0v) is 15.4. The highest BCUT2D eigenvalue weighted by molar-refractivity contribution is 6.04. The number of aryl methyl sites for hydroxylation is 1. The normalized spacial score (nSPS) is 14.6. The molecule has 2 heterocycles. The standard InChI is InChI=1S/C20H22FN5O/c1-13-10-19(24-25(13)17-9-5-6-15(21)11-17)23-20(27)18-12-22-26(14(18)2)16-7-3-4-8-16/h5-6,9-12,16H,3-4,7-8H2,1-2H3,(H,23,24,27). The number of aromatic nitrogens is 4. The number of anilines is 1. The molecule has 0 unspecified atom stereocenters. The number of rotatable bonds is 4. The van der Waals surface area contributed by atoms with E-state index in [1.807, 2.05) is 18.5 Å². The minimum Gasteiger partial charge on any atom is -0.305 e. The molecule has 0 bridgehead atoms. The molecule has 140 valence electrons. The number of hydrogen-bond acceptors (Lipinski definition) is 3. The zero-order valence-electron chi connectivity index (χ0n) is 15.4. The predicted molar refractivity (Wildman–Crippen MR) is 101 cm³/mol. The lowest BCUT2D eigenvalue weighted by molar-refractivity contribution is 0.102. The Labute approximate surface area is 157 Å². The maximum absolute atomic E-state index is 13.5. The van der Waals surface area contributed by atoms with Crippen molar-refractivity contribution in [2.75, 3.05) is 5.32 Å². The molecule has 3 aromatic rings. The van der Waals surface area contributed by atoms with E-state index in [9.17, 15) is 9.18 Å². The van der Waals surface area contributed by atoms with Crippen LogP contribution in [0.3, 0.4) is 0 Å². The first-order chi connectivity index (χ1) is 13.0. The number of carbonyl (C=O) groups is 1. The molecule has 1 aliphatic rings. The molecule has 1 aliphatic carbocycles. The first kappa shape index (κ1) is 17.5. The zero-order chi connectivity index (χ0) is 19.0. The van der Waals surface area contributed by atoms with Gasteiger partial charge in [-0.25, -0.2) is 9.07 Å². The van der Waals surface area contributed by atoms with Gasteiger partial charge in [-0.3, -0.25) is 9.48 Å². The monoisotopic (exact) mass is 367 g/mol. The maximum Gasteiger partial charge on any atom is 0.260 e. The van der Waals surface area contributed by atoms with Crippen LogP contribution in [0.15, 0.2) is 36.5 Å². The summed E-state index contributed by atoms with van der Waals surface area (Å²) in [5, 5.41) is 11.7. The summed E-state index contributed by atoms with van der Waals surface area (Å²) in [7, 11) is 0. The Morgan fingerprint density at radius 3 is 2.74 bits per heavy atom. The molecule has 0 aliphatic heterocycles. The summed E-state index contributed by atoms with van der Waals surface area (Å²) < 4.78 is 17.1. The molecule has 1 N–H and O–H groups in total. The summed E-state index contributed by atoms with van der Waals surface area (Å²) in [6.45, 7) is 3.79. The van der Waals surface area contributed by atoms with E-state index >= 15 is 0 Å². The average Bonchev–Trinajstić information content (AvgIpc) is 3.35. The number of nitrogens with zero attached hydrogens (tertiary/aromatic N) is 4. The fourth-order valence-electron chi connectivity index (χ4n) is 3.75. The number of nitrogens with one attached hydrogen (secondary N) is 1. The first-order valence-electron chi connectivity index (χ1n) is 9.21. The molecule has 0 saturated heterocycles. The summed E-state index contributed by atoms with van der Waals surface area (Å²) in [5.74, 6) is -0.140. The van der Waals surface area contributed by atoms with Gasteiger partial charge >= 0.3 is 0 Å². The van der Waals surface area contributed by atoms with Gasteiger partial charge in [0.2, 0.25) is 0 Å². The largest absolute Gasteiger partial charge is 0.305 e. The first-order valence-corrected chi connectivity index (χ1v) is 9.21. The van der Waals surface area contributed by atoms with Crippen LogP contribution in [0.25, 0.3) is 5.69 Å². The van der Waals surface area contributed by atoms with Crippen LogP contribution in [0.1, 0.15) is 53.5 Å². The number of halogens is 1. The Hall–Kier alpha value is -2.96. The third-order valence-electron chi connectivity index (χ3n) is 5.14. The Bertz CT molecular complexity index is 984. The quantitative estimate of drug-likeness (QED) is 0.752. The third kappa shape index (κ3) is 3.37. The van der Waals surface area contributed by atoms with Gasteiger partial charge < -0.3 is 5.32 Å². The van der Waals surface area contributed by atoms with Crippen molar-refractivity contribution in [2.45, 2.75) is 45.6 Å². The molecule has 4 rings (SSSR count). The predicted octanol–water partition coefficient (Wildman–Crippen LogP) is 4.19. The smallest absolute Gasteiger partial charge is 0.260 e. The topological polar surface area (TPSA) is 64.7 Å². The van der Waals surface area contributed by atoms with Crippen molar-refractivity contribution >= 4 is 11.7 Å². The molecule has 1 fully saturated rings. The number of benzene rings is 1. The lowest BCUT2D eigenvalue weighted by Gasteiger charge is -2.12. The average molecular weight is 367 g/mol. The summed E-state index contributed by atoms with van der Waals surface area (Å²) in [6, 6.07) is 8.34. The van der Waals surface area contributed by atoms with Crippen molar-refractivity contribution in [3.05, 3.63) is 59.3 Å². The van der Waals surface area contributed by atoms with Gasteiger partial charge in [0.05, 0.1) is 23.5 Å². The van der Waals surface area contributed by atoms with Crippen LogP contribution in [-0.4, -0.2) is 25.5 Å². The van der Waals surface area contributed by atoms with Crippen LogP contribution < -0.4 is 5.32 Å². The van der Waals surface area contributed by atoms with Crippen molar-refractivity contribution in [1.82, 2.24) is 19.6 Å². The van der Waals surface area contributed by atoms with Crippen LogP contribution >= 0.6 is 0 Å². The molecule has 7 heteroatoms. The van der Waals surface area contributed by atoms with Gasteiger partial charge in [-0.05, 0) is 44.9 Å². The Morgan fingerprint density at radius 1 is 1.22 bits per heavy atom. The molecule has 0 radical (unpaired) electrons. The highest BCUT2D eigenvalue weighted by Gasteiger charge is 2.23. The third-order valence-corrected chi connectivity index (χ3v) is 5.14. The second kappa shape index (κ2) is 6.98. The minimum atomic E-state index is -0.331. The number of carbonyl (C=O) groups excluding carboxylic acids is 1. The fourth-order valence-corrected chi connectivity index (χ4v) is 3.75. The minimum absolute atomic E-state index is 0.236. The highest BCUT2D eigenvalue weighted by atomic mass is 19.1. The molecular weight excluding hydrogens is 345 g/mol. The molecule has 0 spiro atoms. The second-order valence-electron chi connectivity index (χ2n) is 7.04. The van der Waals surface area contributed by atoms with Crippen molar-refractivity contribution in [3.63, 3.8) is 0 Å². The van der Waals surface area contributed by atoms with Gasteiger partial charge in [0.15, 0.2) is 5.82 Å². The summed E-state index contributed by atoms with van der Waals surface area (Å²) >= 11 is 0. The highest BCUT2D eigenvalue weighted by Crippen LogP contribution is 2.30. The van der Waals surface area contributed by atoms with Gasteiger partial charge in [0, 0.05) is 17.5 Å². The Morgan fingerprint density at radius 2 is 2.00 bits per heavy atom. The van der Waals surface area contributed by atoms with Crippen molar-refractivity contribution < 1.29 is 9.18 Å². The van der Waals surface area contributed by atoms with Crippen molar-refractivity contribution in [1.29, 1.82) is 0 Å². The van der Waals surface area contributed by atoms with E-state index in [0.29, 0.717) is 23.1 Å². The van der Waals surface area contributed by atoms with Gasteiger partial charge in [-0.2, -0.15) is 5.10 Å². The molecule has 2 aromatic heterocycles. The molecule has 1 aromatic carbocycles. The van der Waals surface area contributed by atoms with Gasteiger partial charge in [0.1, 0.15) is 5.82 Å². The van der Waals surface area contributed by atoms with Gasteiger partial charge in [0.25, 0.3) is 5.91 Å². The molecule has 1 saturated carbocycles. The van der Waals surface area contributed by atoms with Crippen LogP contribution in [0.5, 0.6) is 0 Å². The Balaban J connectivity index is 1.55. The van der Waals surface area contributed by atoms with E-state index in [1.165, 1.54) is 25.0 Å². The van der Waals surface area contributed by atoms with E-state index in [1.54, 1.807) is 29.1 Å². The molecule has 6 nitrogen and oxygen atoms in total. The molecule has 0 atom stereocenters. The summed E-state index contributed by atoms with van der Waals surface area (Å²) in [6.07, 6.45) is 6.27. The molecular formula is C20H22FN5O. The van der Waals surface area contributed by atoms with E-state index in [2.05, 4.69) is 15.5 Å². The number of amides is 1. The lowest BCUT2D eigenvalue weighted by Crippen LogP contribution is -2.15. The maximum atomic E-state index is 13.5.